The molecule has 0 saturated carbocycles. The van der Waals surface area contributed by atoms with Gasteiger partial charge in [0.25, 0.3) is 0 Å². The fourth-order valence-electron chi connectivity index (χ4n) is 3.49. The molecule has 0 amide bonds. The van der Waals surface area contributed by atoms with E-state index < -0.39 is 5.79 Å². The van der Waals surface area contributed by atoms with Gasteiger partial charge in [0.05, 0.1) is 5.39 Å². The van der Waals surface area contributed by atoms with Crippen LogP contribution < -0.4 is 9.47 Å². The molecular weight excluding hydrogens is 308 g/mol. The second-order valence-electron chi connectivity index (χ2n) is 6.16. The zero-order chi connectivity index (χ0) is 16.7. The largest absolute Gasteiger partial charge is 0.443 e. The third-order valence-electron chi connectivity index (χ3n) is 4.64. The van der Waals surface area contributed by atoms with Gasteiger partial charge in [-0.25, -0.2) is 0 Å². The number of hydrogen-bond acceptors (Lipinski definition) is 2. The van der Waals surface area contributed by atoms with Gasteiger partial charge in [0.1, 0.15) is 11.5 Å². The van der Waals surface area contributed by atoms with Crippen molar-refractivity contribution >= 4 is 10.8 Å². The number of rotatable bonds is 2. The Morgan fingerprint density at radius 2 is 0.960 bits per heavy atom. The first-order valence-electron chi connectivity index (χ1n) is 8.38. The highest BCUT2D eigenvalue weighted by molar-refractivity contribution is 5.94. The molecule has 4 aromatic carbocycles. The molecule has 1 heterocycles. The first kappa shape index (κ1) is 14.1. The summed E-state index contributed by atoms with van der Waals surface area (Å²) in [7, 11) is 0. The number of ether oxygens (including phenoxy) is 2. The molecule has 1 aliphatic heterocycles. The van der Waals surface area contributed by atoms with E-state index in [4.69, 9.17) is 9.47 Å². The minimum atomic E-state index is -0.995. The van der Waals surface area contributed by atoms with Crippen LogP contribution in [-0.4, -0.2) is 0 Å². The highest BCUT2D eigenvalue weighted by Crippen LogP contribution is 2.47. The van der Waals surface area contributed by atoms with E-state index in [2.05, 4.69) is 12.1 Å². The van der Waals surface area contributed by atoms with Crippen LogP contribution in [0.3, 0.4) is 0 Å². The summed E-state index contributed by atoms with van der Waals surface area (Å²) in [4.78, 5) is 0. The third-order valence-corrected chi connectivity index (χ3v) is 4.64. The van der Waals surface area contributed by atoms with Crippen molar-refractivity contribution in [2.75, 3.05) is 0 Å². The molecule has 0 N–H and O–H groups in total. The summed E-state index contributed by atoms with van der Waals surface area (Å²) in [6, 6.07) is 32.4. The van der Waals surface area contributed by atoms with E-state index in [-0.39, 0.29) is 0 Å². The second kappa shape index (κ2) is 5.38. The predicted molar refractivity (Wildman–Crippen MR) is 98.9 cm³/mol. The standard InChI is InChI=1S/C23H16O2/c1-3-11-18(12-4-1)23(19-13-5-2-6-14-19)24-20-15-7-9-17-10-8-16-21(25-23)22(17)20/h1-16H. The van der Waals surface area contributed by atoms with Crippen LogP contribution in [0.1, 0.15) is 11.1 Å². The predicted octanol–water partition coefficient (Wildman–Crippen LogP) is 5.51. The van der Waals surface area contributed by atoms with Crippen molar-refractivity contribution in [3.05, 3.63) is 108 Å². The van der Waals surface area contributed by atoms with E-state index in [9.17, 15) is 0 Å². The number of hydrogen-bond donors (Lipinski definition) is 0. The molecular formula is C23H16O2. The molecule has 120 valence electrons. The van der Waals surface area contributed by atoms with Crippen molar-refractivity contribution in [3.8, 4) is 11.5 Å². The molecule has 0 fully saturated rings. The Morgan fingerprint density at radius 1 is 0.480 bits per heavy atom. The van der Waals surface area contributed by atoms with Gasteiger partial charge in [0, 0.05) is 11.1 Å². The van der Waals surface area contributed by atoms with Gasteiger partial charge in [0.2, 0.25) is 0 Å². The lowest BCUT2D eigenvalue weighted by Crippen LogP contribution is -2.42. The molecule has 25 heavy (non-hydrogen) atoms. The van der Waals surface area contributed by atoms with E-state index in [1.165, 1.54) is 0 Å². The van der Waals surface area contributed by atoms with Crippen molar-refractivity contribution in [1.82, 2.24) is 0 Å². The Labute approximate surface area is 146 Å². The Bertz CT molecular complexity index is 957. The molecule has 2 heteroatoms. The van der Waals surface area contributed by atoms with Gasteiger partial charge < -0.3 is 9.47 Å². The van der Waals surface area contributed by atoms with Gasteiger partial charge in [-0.2, -0.15) is 0 Å². The zero-order valence-electron chi connectivity index (χ0n) is 13.6. The smallest absolute Gasteiger partial charge is 0.305 e. The SMILES string of the molecule is c1ccc(C2(c3ccccc3)Oc3cccc4cccc(c34)O2)cc1. The summed E-state index contributed by atoms with van der Waals surface area (Å²) in [5.74, 6) is 0.685. The molecule has 1 aliphatic rings. The topological polar surface area (TPSA) is 18.5 Å². The van der Waals surface area contributed by atoms with Crippen LogP contribution in [0.4, 0.5) is 0 Å². The summed E-state index contributed by atoms with van der Waals surface area (Å²) in [5.41, 5.74) is 1.93. The summed E-state index contributed by atoms with van der Waals surface area (Å²) < 4.78 is 13.1. The van der Waals surface area contributed by atoms with E-state index in [1.807, 2.05) is 84.9 Å². The minimum Gasteiger partial charge on any atom is -0.443 e. The van der Waals surface area contributed by atoms with Gasteiger partial charge >= 0.3 is 5.79 Å². The van der Waals surface area contributed by atoms with Gasteiger partial charge in [0.15, 0.2) is 0 Å². The first-order chi connectivity index (χ1) is 12.4. The maximum atomic E-state index is 6.54. The average molecular weight is 324 g/mol. The molecule has 5 rings (SSSR count). The highest BCUT2D eigenvalue weighted by atomic mass is 16.7. The van der Waals surface area contributed by atoms with E-state index >= 15 is 0 Å². The summed E-state index contributed by atoms with van der Waals surface area (Å²) in [5, 5.41) is 2.14. The second-order valence-corrected chi connectivity index (χ2v) is 6.16. The lowest BCUT2D eigenvalue weighted by Gasteiger charge is -2.39. The molecule has 0 saturated heterocycles. The van der Waals surface area contributed by atoms with Crippen molar-refractivity contribution < 1.29 is 9.47 Å². The fraction of sp³-hybridized carbons (Fsp3) is 0.0435. The van der Waals surface area contributed by atoms with Crippen molar-refractivity contribution in [1.29, 1.82) is 0 Å². The van der Waals surface area contributed by atoms with E-state index in [0.29, 0.717) is 0 Å². The molecule has 0 bridgehead atoms. The van der Waals surface area contributed by atoms with Crippen molar-refractivity contribution in [2.24, 2.45) is 0 Å². The summed E-state index contributed by atoms with van der Waals surface area (Å²) in [6.45, 7) is 0. The molecule has 4 aromatic rings. The van der Waals surface area contributed by atoms with Crippen LogP contribution in [0.5, 0.6) is 11.5 Å². The quantitative estimate of drug-likeness (QED) is 0.484. The van der Waals surface area contributed by atoms with Crippen molar-refractivity contribution in [2.45, 2.75) is 5.79 Å². The lowest BCUT2D eigenvalue weighted by atomic mass is 9.95. The Hall–Kier alpha value is -3.26. The fourth-order valence-corrected chi connectivity index (χ4v) is 3.49. The van der Waals surface area contributed by atoms with Crippen LogP contribution in [0.15, 0.2) is 97.1 Å². The van der Waals surface area contributed by atoms with Crippen molar-refractivity contribution in [3.63, 3.8) is 0 Å². The lowest BCUT2D eigenvalue weighted by molar-refractivity contribution is -0.0896. The summed E-state index contributed by atoms with van der Waals surface area (Å²) in [6.07, 6.45) is 0. The van der Waals surface area contributed by atoms with Crippen LogP contribution in [-0.2, 0) is 5.79 Å². The van der Waals surface area contributed by atoms with Gasteiger partial charge in [-0.3, -0.25) is 0 Å². The molecule has 0 radical (unpaired) electrons. The molecule has 0 aliphatic carbocycles. The molecule has 0 spiro atoms. The third kappa shape index (κ3) is 2.11. The minimum absolute atomic E-state index is 0.840. The molecule has 0 unspecified atom stereocenters. The maximum Gasteiger partial charge on any atom is 0.305 e. The monoisotopic (exact) mass is 324 g/mol. The van der Waals surface area contributed by atoms with E-state index in [1.54, 1.807) is 0 Å². The van der Waals surface area contributed by atoms with Gasteiger partial charge in [-0.1, -0.05) is 84.9 Å². The number of benzene rings is 4. The van der Waals surface area contributed by atoms with Crippen LogP contribution >= 0.6 is 0 Å². The Balaban J connectivity index is 1.79. The zero-order valence-corrected chi connectivity index (χ0v) is 13.6. The van der Waals surface area contributed by atoms with Crippen LogP contribution in [0, 0.1) is 0 Å². The Kier molecular flexibility index (Phi) is 3.04. The first-order valence-corrected chi connectivity index (χ1v) is 8.38. The van der Waals surface area contributed by atoms with E-state index in [0.717, 1.165) is 33.4 Å². The van der Waals surface area contributed by atoms with Gasteiger partial charge in [-0.15, -0.1) is 0 Å². The Morgan fingerprint density at radius 3 is 1.44 bits per heavy atom. The maximum absolute atomic E-state index is 6.54. The van der Waals surface area contributed by atoms with Crippen LogP contribution in [0.2, 0.25) is 0 Å². The molecule has 0 aromatic heterocycles. The molecule has 0 atom stereocenters. The highest BCUT2D eigenvalue weighted by Gasteiger charge is 2.43. The summed E-state index contributed by atoms with van der Waals surface area (Å²) >= 11 is 0. The van der Waals surface area contributed by atoms with Gasteiger partial charge in [-0.05, 0) is 17.5 Å². The van der Waals surface area contributed by atoms with Crippen LogP contribution in [0.25, 0.3) is 10.8 Å². The normalized spacial score (nSPS) is 14.6. The average Bonchev–Trinajstić information content (AvgIpc) is 2.69. The molecule has 2 nitrogen and oxygen atoms in total.